The van der Waals surface area contributed by atoms with Gasteiger partial charge in [0, 0.05) is 31.6 Å². The maximum absolute atomic E-state index is 13.0. The SMILES string of the molecule is Cc1cc(C)cc(C(=O)N2CCCC(C(=O)NCc3cc(Cl)c4c(c3)OCCCO4)C2)c1. The van der Waals surface area contributed by atoms with Gasteiger partial charge in [0.1, 0.15) is 0 Å². The van der Waals surface area contributed by atoms with Crippen molar-refractivity contribution in [2.45, 2.75) is 39.7 Å². The summed E-state index contributed by atoms with van der Waals surface area (Å²) in [6.45, 7) is 6.57. The zero-order valence-electron chi connectivity index (χ0n) is 18.6. The highest BCUT2D eigenvalue weighted by Gasteiger charge is 2.29. The van der Waals surface area contributed by atoms with Crippen LogP contribution in [0.15, 0.2) is 30.3 Å². The summed E-state index contributed by atoms with van der Waals surface area (Å²) in [7, 11) is 0. The van der Waals surface area contributed by atoms with E-state index < -0.39 is 0 Å². The Morgan fingerprint density at radius 2 is 1.81 bits per heavy atom. The molecule has 0 aliphatic carbocycles. The number of fused-ring (bicyclic) bond motifs is 1. The van der Waals surface area contributed by atoms with Crippen LogP contribution in [0.5, 0.6) is 11.5 Å². The molecule has 1 atom stereocenters. The number of halogens is 1. The molecular weight excluding hydrogens is 428 g/mol. The standard InChI is InChI=1S/C25H29ClN2O4/c1-16-9-17(2)11-20(10-16)25(30)28-6-3-5-19(15-28)24(29)27-14-18-12-21(26)23-22(13-18)31-7-4-8-32-23/h9-13,19H,3-8,14-15H2,1-2H3,(H,27,29). The predicted octanol–water partition coefficient (Wildman–Crippen LogP) is 4.29. The van der Waals surface area contributed by atoms with Crippen molar-refractivity contribution in [3.8, 4) is 11.5 Å². The van der Waals surface area contributed by atoms with E-state index in [1.807, 2.05) is 32.0 Å². The molecule has 170 valence electrons. The lowest BCUT2D eigenvalue weighted by Crippen LogP contribution is -2.45. The van der Waals surface area contributed by atoms with Crippen molar-refractivity contribution < 1.29 is 19.1 Å². The highest BCUT2D eigenvalue weighted by molar-refractivity contribution is 6.32. The number of aryl methyl sites for hydroxylation is 2. The van der Waals surface area contributed by atoms with Gasteiger partial charge in [0.2, 0.25) is 5.91 Å². The number of rotatable bonds is 4. The first-order valence-electron chi connectivity index (χ1n) is 11.1. The van der Waals surface area contributed by atoms with E-state index >= 15 is 0 Å². The van der Waals surface area contributed by atoms with Crippen LogP contribution in [0, 0.1) is 19.8 Å². The number of carbonyl (C=O) groups excluding carboxylic acids is 2. The van der Waals surface area contributed by atoms with Gasteiger partial charge in [-0.05, 0) is 56.5 Å². The van der Waals surface area contributed by atoms with E-state index in [-0.39, 0.29) is 17.7 Å². The lowest BCUT2D eigenvalue weighted by molar-refractivity contribution is -0.126. The largest absolute Gasteiger partial charge is 0.489 e. The third kappa shape index (κ3) is 5.18. The van der Waals surface area contributed by atoms with Crippen LogP contribution in [0.25, 0.3) is 0 Å². The number of hydrogen-bond donors (Lipinski definition) is 1. The van der Waals surface area contributed by atoms with Crippen LogP contribution in [0.3, 0.4) is 0 Å². The molecule has 2 aromatic carbocycles. The summed E-state index contributed by atoms with van der Waals surface area (Å²) in [6.07, 6.45) is 2.38. The van der Waals surface area contributed by atoms with Gasteiger partial charge in [0.25, 0.3) is 5.91 Å². The van der Waals surface area contributed by atoms with Gasteiger partial charge in [-0.2, -0.15) is 0 Å². The number of nitrogens with zero attached hydrogens (tertiary/aromatic N) is 1. The van der Waals surface area contributed by atoms with Crippen molar-refractivity contribution in [2.75, 3.05) is 26.3 Å². The molecule has 0 radical (unpaired) electrons. The van der Waals surface area contributed by atoms with Gasteiger partial charge < -0.3 is 19.7 Å². The fourth-order valence-electron chi connectivity index (χ4n) is 4.38. The van der Waals surface area contributed by atoms with Gasteiger partial charge in [-0.3, -0.25) is 9.59 Å². The summed E-state index contributed by atoms with van der Waals surface area (Å²) >= 11 is 6.36. The number of carbonyl (C=O) groups is 2. The zero-order chi connectivity index (χ0) is 22.7. The number of piperidine rings is 1. The van der Waals surface area contributed by atoms with E-state index in [1.165, 1.54) is 0 Å². The molecular formula is C25H29ClN2O4. The summed E-state index contributed by atoms with van der Waals surface area (Å²) in [5.74, 6) is 0.888. The topological polar surface area (TPSA) is 67.9 Å². The van der Waals surface area contributed by atoms with Crippen LogP contribution in [0.1, 0.15) is 46.3 Å². The molecule has 0 bridgehead atoms. The molecule has 2 amide bonds. The molecule has 0 saturated carbocycles. The Morgan fingerprint density at radius 3 is 2.59 bits per heavy atom. The average molecular weight is 457 g/mol. The Balaban J connectivity index is 1.38. The molecule has 1 saturated heterocycles. The maximum atomic E-state index is 13.0. The monoisotopic (exact) mass is 456 g/mol. The Hall–Kier alpha value is -2.73. The van der Waals surface area contributed by atoms with Crippen LogP contribution < -0.4 is 14.8 Å². The molecule has 6 nitrogen and oxygen atoms in total. The molecule has 32 heavy (non-hydrogen) atoms. The Kier molecular flexibility index (Phi) is 6.89. The van der Waals surface area contributed by atoms with Gasteiger partial charge in [0.05, 0.1) is 24.2 Å². The number of hydrogen-bond acceptors (Lipinski definition) is 4. The highest BCUT2D eigenvalue weighted by Crippen LogP contribution is 2.38. The van der Waals surface area contributed by atoms with Crippen LogP contribution in [0.4, 0.5) is 0 Å². The molecule has 4 rings (SSSR count). The van der Waals surface area contributed by atoms with E-state index in [1.54, 1.807) is 11.0 Å². The van der Waals surface area contributed by atoms with Crippen LogP contribution in [0.2, 0.25) is 5.02 Å². The van der Waals surface area contributed by atoms with Crippen molar-refractivity contribution in [3.63, 3.8) is 0 Å². The second-order valence-electron chi connectivity index (χ2n) is 8.64. The molecule has 1 fully saturated rings. The predicted molar refractivity (Wildman–Crippen MR) is 123 cm³/mol. The first-order valence-corrected chi connectivity index (χ1v) is 11.5. The van der Waals surface area contributed by atoms with Crippen molar-refractivity contribution >= 4 is 23.4 Å². The van der Waals surface area contributed by atoms with E-state index in [2.05, 4.69) is 11.4 Å². The normalized spacial score (nSPS) is 18.1. The fourth-order valence-corrected chi connectivity index (χ4v) is 4.66. The first-order chi connectivity index (χ1) is 15.4. The van der Waals surface area contributed by atoms with Crippen LogP contribution >= 0.6 is 11.6 Å². The van der Waals surface area contributed by atoms with Gasteiger partial charge in [-0.1, -0.05) is 28.8 Å². The van der Waals surface area contributed by atoms with Gasteiger partial charge in [0.15, 0.2) is 11.5 Å². The van der Waals surface area contributed by atoms with Crippen molar-refractivity contribution in [1.29, 1.82) is 0 Å². The summed E-state index contributed by atoms with van der Waals surface area (Å²) in [5, 5.41) is 3.49. The van der Waals surface area contributed by atoms with E-state index in [9.17, 15) is 9.59 Å². The first kappa shape index (κ1) is 22.5. The fraction of sp³-hybridized carbons (Fsp3) is 0.440. The second-order valence-corrected chi connectivity index (χ2v) is 9.05. The van der Waals surface area contributed by atoms with Gasteiger partial charge in [-0.15, -0.1) is 0 Å². The molecule has 1 N–H and O–H groups in total. The molecule has 2 aliphatic heterocycles. The summed E-state index contributed by atoms with van der Waals surface area (Å²) in [4.78, 5) is 27.7. The van der Waals surface area contributed by atoms with Crippen molar-refractivity contribution in [3.05, 3.63) is 57.6 Å². The highest BCUT2D eigenvalue weighted by atomic mass is 35.5. The molecule has 2 aromatic rings. The number of benzene rings is 2. The van der Waals surface area contributed by atoms with Crippen molar-refractivity contribution in [1.82, 2.24) is 10.2 Å². The second kappa shape index (κ2) is 9.82. The molecule has 7 heteroatoms. The van der Waals surface area contributed by atoms with Crippen LogP contribution in [-0.4, -0.2) is 43.0 Å². The molecule has 2 aliphatic rings. The zero-order valence-corrected chi connectivity index (χ0v) is 19.3. The number of nitrogens with one attached hydrogen (secondary N) is 1. The Bertz CT molecular complexity index is 1000. The minimum atomic E-state index is -0.227. The van der Waals surface area contributed by atoms with E-state index in [4.69, 9.17) is 21.1 Å². The number of ether oxygens (including phenoxy) is 2. The molecule has 0 aromatic heterocycles. The third-order valence-corrected chi connectivity index (χ3v) is 6.16. The van der Waals surface area contributed by atoms with E-state index in [0.29, 0.717) is 54.9 Å². The summed E-state index contributed by atoms with van der Waals surface area (Å²) in [5.41, 5.74) is 3.67. The maximum Gasteiger partial charge on any atom is 0.253 e. The molecule has 2 heterocycles. The number of amides is 2. The lowest BCUT2D eigenvalue weighted by atomic mass is 9.96. The average Bonchev–Trinajstić information content (AvgIpc) is 3.02. The van der Waals surface area contributed by atoms with Gasteiger partial charge in [-0.25, -0.2) is 0 Å². The number of likely N-dealkylation sites (tertiary alicyclic amines) is 1. The Morgan fingerprint density at radius 1 is 1.06 bits per heavy atom. The summed E-state index contributed by atoms with van der Waals surface area (Å²) < 4.78 is 11.4. The lowest BCUT2D eigenvalue weighted by Gasteiger charge is -2.32. The smallest absolute Gasteiger partial charge is 0.253 e. The minimum Gasteiger partial charge on any atom is -0.489 e. The van der Waals surface area contributed by atoms with Crippen LogP contribution in [-0.2, 0) is 11.3 Å². The molecule has 0 spiro atoms. The third-order valence-electron chi connectivity index (χ3n) is 5.88. The van der Waals surface area contributed by atoms with E-state index in [0.717, 1.165) is 36.0 Å². The van der Waals surface area contributed by atoms with Crippen molar-refractivity contribution in [2.24, 2.45) is 5.92 Å². The van der Waals surface area contributed by atoms with Gasteiger partial charge >= 0.3 is 0 Å². The minimum absolute atomic E-state index is 0.0102. The Labute approximate surface area is 193 Å². The molecule has 1 unspecified atom stereocenters. The summed E-state index contributed by atoms with van der Waals surface area (Å²) in [6, 6.07) is 9.53. The quantitative estimate of drug-likeness (QED) is 0.745.